The highest BCUT2D eigenvalue weighted by Gasteiger charge is 2.23. The number of fused-ring (bicyclic) bond motifs is 1. The second kappa shape index (κ2) is 9.09. The Balaban J connectivity index is 1.45. The SMILES string of the molecule is Cc1cccc(NC(=O)Cn2c(CCNC(=O)C3CCCO3)nc3ccccc32)c1. The Morgan fingerprint density at radius 1 is 1.20 bits per heavy atom. The van der Waals surface area contributed by atoms with Gasteiger partial charge in [0, 0.05) is 25.3 Å². The number of nitrogens with zero attached hydrogens (tertiary/aromatic N) is 2. The van der Waals surface area contributed by atoms with Gasteiger partial charge in [-0.25, -0.2) is 4.98 Å². The second-order valence-electron chi connectivity index (χ2n) is 7.56. The van der Waals surface area contributed by atoms with Crippen molar-refractivity contribution in [1.29, 1.82) is 0 Å². The van der Waals surface area contributed by atoms with E-state index in [0.717, 1.165) is 41.0 Å². The Kier molecular flexibility index (Phi) is 6.09. The van der Waals surface area contributed by atoms with Crippen molar-refractivity contribution in [2.75, 3.05) is 18.5 Å². The molecule has 3 aromatic rings. The van der Waals surface area contributed by atoms with Crippen LogP contribution in [0.1, 0.15) is 24.2 Å². The van der Waals surface area contributed by atoms with Gasteiger partial charge in [-0.1, -0.05) is 24.3 Å². The molecule has 1 aromatic heterocycles. The summed E-state index contributed by atoms with van der Waals surface area (Å²) in [5.41, 5.74) is 3.59. The van der Waals surface area contributed by atoms with E-state index in [1.807, 2.05) is 60.0 Å². The van der Waals surface area contributed by atoms with Gasteiger partial charge in [0.15, 0.2) is 0 Å². The smallest absolute Gasteiger partial charge is 0.249 e. The quantitative estimate of drug-likeness (QED) is 0.632. The van der Waals surface area contributed by atoms with Crippen LogP contribution in [0.2, 0.25) is 0 Å². The number of aromatic nitrogens is 2. The third-order valence-corrected chi connectivity index (χ3v) is 5.21. The number of aryl methyl sites for hydroxylation is 1. The molecule has 156 valence electrons. The van der Waals surface area contributed by atoms with Crippen molar-refractivity contribution >= 4 is 28.5 Å². The van der Waals surface area contributed by atoms with Crippen LogP contribution >= 0.6 is 0 Å². The number of nitrogens with one attached hydrogen (secondary N) is 2. The van der Waals surface area contributed by atoms with Crippen molar-refractivity contribution in [3.8, 4) is 0 Å². The summed E-state index contributed by atoms with van der Waals surface area (Å²) in [7, 11) is 0. The number of imidazole rings is 1. The monoisotopic (exact) mass is 406 g/mol. The van der Waals surface area contributed by atoms with Crippen LogP contribution in [-0.4, -0.2) is 40.6 Å². The Morgan fingerprint density at radius 2 is 2.07 bits per heavy atom. The molecule has 1 aliphatic heterocycles. The van der Waals surface area contributed by atoms with Crippen molar-refractivity contribution in [3.63, 3.8) is 0 Å². The molecular weight excluding hydrogens is 380 g/mol. The minimum atomic E-state index is -0.344. The average molecular weight is 406 g/mol. The Hall–Kier alpha value is -3.19. The molecule has 0 saturated carbocycles. The highest BCUT2D eigenvalue weighted by Crippen LogP contribution is 2.17. The maximum absolute atomic E-state index is 12.7. The van der Waals surface area contributed by atoms with Gasteiger partial charge in [0.1, 0.15) is 18.5 Å². The molecular formula is C23H26N4O3. The van der Waals surface area contributed by atoms with E-state index in [9.17, 15) is 9.59 Å². The number of rotatable bonds is 7. The summed E-state index contributed by atoms with van der Waals surface area (Å²) < 4.78 is 7.34. The van der Waals surface area contributed by atoms with Crippen LogP contribution < -0.4 is 10.6 Å². The molecule has 0 bridgehead atoms. The van der Waals surface area contributed by atoms with Crippen LogP contribution in [-0.2, 0) is 27.3 Å². The molecule has 2 amide bonds. The van der Waals surface area contributed by atoms with E-state index in [4.69, 9.17) is 4.74 Å². The Bertz CT molecular complexity index is 1050. The van der Waals surface area contributed by atoms with E-state index in [2.05, 4.69) is 15.6 Å². The zero-order valence-electron chi connectivity index (χ0n) is 17.1. The number of carbonyl (C=O) groups is 2. The lowest BCUT2D eigenvalue weighted by atomic mass is 10.2. The van der Waals surface area contributed by atoms with Gasteiger partial charge in [-0.3, -0.25) is 9.59 Å². The Morgan fingerprint density at radius 3 is 2.87 bits per heavy atom. The number of carbonyl (C=O) groups excluding carboxylic acids is 2. The van der Waals surface area contributed by atoms with Crippen LogP contribution in [0.15, 0.2) is 48.5 Å². The lowest BCUT2D eigenvalue weighted by Gasteiger charge is -2.12. The van der Waals surface area contributed by atoms with Crippen LogP contribution in [0.5, 0.6) is 0 Å². The molecule has 30 heavy (non-hydrogen) atoms. The summed E-state index contributed by atoms with van der Waals surface area (Å²) in [5.74, 6) is 0.573. The predicted molar refractivity (Wildman–Crippen MR) is 115 cm³/mol. The summed E-state index contributed by atoms with van der Waals surface area (Å²) in [6, 6.07) is 15.5. The number of benzene rings is 2. The first-order chi connectivity index (χ1) is 14.6. The molecule has 1 fully saturated rings. The van der Waals surface area contributed by atoms with Crippen LogP contribution in [0.3, 0.4) is 0 Å². The fourth-order valence-corrected chi connectivity index (χ4v) is 3.76. The molecule has 7 heteroatoms. The van der Waals surface area contributed by atoms with Crippen LogP contribution in [0.25, 0.3) is 11.0 Å². The van der Waals surface area contributed by atoms with Crippen molar-refractivity contribution in [2.24, 2.45) is 0 Å². The standard InChI is InChI=1S/C23H26N4O3/c1-16-6-4-7-17(14-16)25-22(28)15-27-19-9-3-2-8-18(19)26-21(27)11-12-24-23(29)20-10-5-13-30-20/h2-4,6-9,14,20H,5,10-13,15H2,1H3,(H,24,29)(H,25,28). The molecule has 7 nitrogen and oxygen atoms in total. The maximum Gasteiger partial charge on any atom is 0.249 e. The number of ether oxygens (including phenoxy) is 1. The molecule has 4 rings (SSSR count). The highest BCUT2D eigenvalue weighted by molar-refractivity contribution is 5.91. The molecule has 1 atom stereocenters. The van der Waals surface area contributed by atoms with E-state index in [-0.39, 0.29) is 24.5 Å². The number of anilines is 1. The van der Waals surface area contributed by atoms with E-state index in [1.54, 1.807) is 0 Å². The minimum absolute atomic E-state index is 0.0765. The predicted octanol–water partition coefficient (Wildman–Crippen LogP) is 2.82. The largest absolute Gasteiger partial charge is 0.368 e. The molecule has 2 N–H and O–H groups in total. The zero-order valence-corrected chi connectivity index (χ0v) is 17.1. The Labute approximate surface area is 175 Å². The summed E-state index contributed by atoms with van der Waals surface area (Å²) in [4.78, 5) is 29.6. The van der Waals surface area contributed by atoms with Crippen LogP contribution in [0.4, 0.5) is 5.69 Å². The van der Waals surface area contributed by atoms with Gasteiger partial charge in [-0.2, -0.15) is 0 Å². The molecule has 0 spiro atoms. The molecule has 2 heterocycles. The molecule has 0 aliphatic carbocycles. The lowest BCUT2D eigenvalue weighted by Crippen LogP contribution is -2.35. The summed E-state index contributed by atoms with van der Waals surface area (Å²) in [6.45, 7) is 3.23. The summed E-state index contributed by atoms with van der Waals surface area (Å²) >= 11 is 0. The number of amides is 2. The van der Waals surface area contributed by atoms with E-state index in [0.29, 0.717) is 19.6 Å². The number of hydrogen-bond acceptors (Lipinski definition) is 4. The van der Waals surface area contributed by atoms with Gasteiger partial charge in [-0.05, 0) is 49.6 Å². The van der Waals surface area contributed by atoms with Crippen molar-refractivity contribution in [3.05, 3.63) is 59.9 Å². The zero-order chi connectivity index (χ0) is 20.9. The molecule has 0 radical (unpaired) electrons. The molecule has 1 unspecified atom stereocenters. The van der Waals surface area contributed by atoms with Gasteiger partial charge in [0.05, 0.1) is 11.0 Å². The number of para-hydroxylation sites is 2. The van der Waals surface area contributed by atoms with Gasteiger partial charge >= 0.3 is 0 Å². The van der Waals surface area contributed by atoms with Crippen molar-refractivity contribution < 1.29 is 14.3 Å². The fourth-order valence-electron chi connectivity index (χ4n) is 3.76. The summed E-state index contributed by atoms with van der Waals surface area (Å²) in [6.07, 6.45) is 1.88. The van der Waals surface area contributed by atoms with Crippen LogP contribution in [0, 0.1) is 6.92 Å². The maximum atomic E-state index is 12.7. The first kappa shape index (κ1) is 20.1. The third kappa shape index (κ3) is 4.68. The first-order valence-corrected chi connectivity index (χ1v) is 10.3. The second-order valence-corrected chi connectivity index (χ2v) is 7.56. The average Bonchev–Trinajstić information content (AvgIpc) is 3.37. The highest BCUT2D eigenvalue weighted by atomic mass is 16.5. The normalized spacial score (nSPS) is 16.0. The van der Waals surface area contributed by atoms with Gasteiger partial charge in [0.25, 0.3) is 0 Å². The minimum Gasteiger partial charge on any atom is -0.368 e. The van der Waals surface area contributed by atoms with Gasteiger partial charge in [0.2, 0.25) is 11.8 Å². The van der Waals surface area contributed by atoms with Gasteiger partial charge in [-0.15, -0.1) is 0 Å². The topological polar surface area (TPSA) is 85.2 Å². The fraction of sp³-hybridized carbons (Fsp3) is 0.348. The van der Waals surface area contributed by atoms with Crippen molar-refractivity contribution in [1.82, 2.24) is 14.9 Å². The van der Waals surface area contributed by atoms with Crippen molar-refractivity contribution in [2.45, 2.75) is 38.8 Å². The molecule has 1 aliphatic rings. The molecule has 2 aromatic carbocycles. The molecule has 1 saturated heterocycles. The number of hydrogen-bond donors (Lipinski definition) is 2. The first-order valence-electron chi connectivity index (χ1n) is 10.3. The summed E-state index contributed by atoms with van der Waals surface area (Å²) in [5, 5.41) is 5.88. The third-order valence-electron chi connectivity index (χ3n) is 5.21. The lowest BCUT2D eigenvalue weighted by molar-refractivity contribution is -0.130. The van der Waals surface area contributed by atoms with E-state index in [1.165, 1.54) is 0 Å². The van der Waals surface area contributed by atoms with E-state index >= 15 is 0 Å². The van der Waals surface area contributed by atoms with E-state index < -0.39 is 0 Å². The van der Waals surface area contributed by atoms with Gasteiger partial charge < -0.3 is 19.9 Å².